The van der Waals surface area contributed by atoms with E-state index in [1.54, 1.807) is 31.2 Å². The van der Waals surface area contributed by atoms with Gasteiger partial charge in [0.1, 0.15) is 0 Å². The van der Waals surface area contributed by atoms with Crippen molar-refractivity contribution in [3.8, 4) is 17.2 Å². The SMILES string of the molecule is COc1ccccc1Oc1ccc(NC(=O)c2ocnc2C)cc1F. The molecule has 7 heteroatoms. The van der Waals surface area contributed by atoms with E-state index in [4.69, 9.17) is 13.9 Å². The van der Waals surface area contributed by atoms with Gasteiger partial charge < -0.3 is 19.2 Å². The molecule has 0 aliphatic rings. The Morgan fingerprint density at radius 1 is 1.16 bits per heavy atom. The van der Waals surface area contributed by atoms with Crippen molar-refractivity contribution in [1.82, 2.24) is 4.98 Å². The van der Waals surface area contributed by atoms with Crippen molar-refractivity contribution in [3.05, 3.63) is 66.1 Å². The number of carbonyl (C=O) groups excluding carboxylic acids is 1. The molecule has 6 nitrogen and oxygen atoms in total. The van der Waals surface area contributed by atoms with Crippen LogP contribution < -0.4 is 14.8 Å². The van der Waals surface area contributed by atoms with Crippen LogP contribution in [0.1, 0.15) is 16.2 Å². The molecule has 1 heterocycles. The third-order valence-corrected chi connectivity index (χ3v) is 3.43. The number of aromatic nitrogens is 1. The molecule has 0 radical (unpaired) electrons. The summed E-state index contributed by atoms with van der Waals surface area (Å²) in [5.74, 6) is -0.169. The number of ether oxygens (including phenoxy) is 2. The van der Waals surface area contributed by atoms with Gasteiger partial charge in [-0.25, -0.2) is 9.37 Å². The van der Waals surface area contributed by atoms with Crippen molar-refractivity contribution < 1.29 is 23.1 Å². The van der Waals surface area contributed by atoms with E-state index in [9.17, 15) is 9.18 Å². The number of para-hydroxylation sites is 2. The lowest BCUT2D eigenvalue weighted by Gasteiger charge is -2.11. The Hall–Kier alpha value is -3.35. The summed E-state index contributed by atoms with van der Waals surface area (Å²) in [6.07, 6.45) is 1.18. The van der Waals surface area contributed by atoms with Gasteiger partial charge in [0, 0.05) is 11.8 Å². The van der Waals surface area contributed by atoms with E-state index in [2.05, 4.69) is 10.3 Å². The van der Waals surface area contributed by atoms with Crippen LogP contribution in [0, 0.1) is 12.7 Å². The van der Waals surface area contributed by atoms with E-state index >= 15 is 0 Å². The number of benzene rings is 2. The topological polar surface area (TPSA) is 73.6 Å². The molecule has 0 saturated heterocycles. The lowest BCUT2D eigenvalue weighted by molar-refractivity contribution is 0.0996. The van der Waals surface area contributed by atoms with Gasteiger partial charge in [0.15, 0.2) is 29.5 Å². The van der Waals surface area contributed by atoms with Crippen LogP contribution in [0.3, 0.4) is 0 Å². The Balaban J connectivity index is 1.77. The highest BCUT2D eigenvalue weighted by molar-refractivity contribution is 6.02. The number of hydrogen-bond acceptors (Lipinski definition) is 5. The molecule has 1 aromatic heterocycles. The molecule has 0 spiro atoms. The highest BCUT2D eigenvalue weighted by atomic mass is 19.1. The molecule has 0 saturated carbocycles. The van der Waals surface area contributed by atoms with E-state index in [0.717, 1.165) is 6.07 Å². The molecule has 0 atom stereocenters. The zero-order valence-corrected chi connectivity index (χ0v) is 13.6. The zero-order valence-electron chi connectivity index (χ0n) is 13.6. The highest BCUT2D eigenvalue weighted by Gasteiger charge is 2.15. The number of hydrogen-bond donors (Lipinski definition) is 1. The smallest absolute Gasteiger partial charge is 0.293 e. The molecule has 2 aromatic carbocycles. The van der Waals surface area contributed by atoms with Crippen LogP contribution in [0.4, 0.5) is 10.1 Å². The van der Waals surface area contributed by atoms with E-state index < -0.39 is 11.7 Å². The molecule has 1 amide bonds. The van der Waals surface area contributed by atoms with Crippen LogP contribution in [0.25, 0.3) is 0 Å². The monoisotopic (exact) mass is 342 g/mol. The average Bonchev–Trinajstić information content (AvgIpc) is 3.04. The van der Waals surface area contributed by atoms with Gasteiger partial charge in [0.05, 0.1) is 12.8 Å². The van der Waals surface area contributed by atoms with Crippen molar-refractivity contribution in [2.75, 3.05) is 12.4 Å². The Bertz CT molecular complexity index is 908. The van der Waals surface area contributed by atoms with Gasteiger partial charge in [0.25, 0.3) is 5.91 Å². The molecular weight excluding hydrogens is 327 g/mol. The number of nitrogens with one attached hydrogen (secondary N) is 1. The number of anilines is 1. The first-order chi connectivity index (χ1) is 12.1. The van der Waals surface area contributed by atoms with Gasteiger partial charge in [-0.3, -0.25) is 4.79 Å². The Labute approximate surface area is 143 Å². The second-order valence-corrected chi connectivity index (χ2v) is 5.12. The van der Waals surface area contributed by atoms with Crippen LogP contribution in [0.15, 0.2) is 53.3 Å². The minimum atomic E-state index is -0.627. The van der Waals surface area contributed by atoms with Crippen molar-refractivity contribution in [3.63, 3.8) is 0 Å². The van der Waals surface area contributed by atoms with Crippen molar-refractivity contribution in [1.29, 1.82) is 0 Å². The summed E-state index contributed by atoms with van der Waals surface area (Å²) < 4.78 is 30.0. The maximum Gasteiger partial charge on any atom is 0.293 e. The first-order valence-electron chi connectivity index (χ1n) is 7.40. The third kappa shape index (κ3) is 3.60. The van der Waals surface area contributed by atoms with Crippen molar-refractivity contribution >= 4 is 11.6 Å². The second-order valence-electron chi connectivity index (χ2n) is 5.12. The van der Waals surface area contributed by atoms with E-state index in [1.165, 1.54) is 25.6 Å². The van der Waals surface area contributed by atoms with Gasteiger partial charge in [-0.2, -0.15) is 0 Å². The van der Waals surface area contributed by atoms with E-state index in [1.807, 2.05) is 0 Å². The van der Waals surface area contributed by atoms with Gasteiger partial charge in [0.2, 0.25) is 5.76 Å². The molecule has 0 aliphatic heterocycles. The average molecular weight is 342 g/mol. The van der Waals surface area contributed by atoms with Crippen LogP contribution in [-0.2, 0) is 0 Å². The number of nitrogens with zero attached hydrogens (tertiary/aromatic N) is 1. The first-order valence-corrected chi connectivity index (χ1v) is 7.40. The van der Waals surface area contributed by atoms with E-state index in [0.29, 0.717) is 17.2 Å². The quantitative estimate of drug-likeness (QED) is 0.753. The fourth-order valence-electron chi connectivity index (χ4n) is 2.19. The van der Waals surface area contributed by atoms with Crippen molar-refractivity contribution in [2.45, 2.75) is 6.92 Å². The Morgan fingerprint density at radius 3 is 2.56 bits per heavy atom. The van der Waals surface area contributed by atoms with Gasteiger partial charge in [-0.1, -0.05) is 12.1 Å². The zero-order chi connectivity index (χ0) is 17.8. The summed E-state index contributed by atoms with van der Waals surface area (Å²) in [4.78, 5) is 15.9. The van der Waals surface area contributed by atoms with Crippen molar-refractivity contribution in [2.24, 2.45) is 0 Å². The summed E-state index contributed by atoms with van der Waals surface area (Å²) in [5, 5.41) is 2.55. The van der Waals surface area contributed by atoms with Crippen LogP contribution >= 0.6 is 0 Å². The predicted octanol–water partition coefficient (Wildman–Crippen LogP) is 4.18. The minimum absolute atomic E-state index is 0.0124. The number of aryl methyl sites for hydroxylation is 1. The summed E-state index contributed by atoms with van der Waals surface area (Å²) >= 11 is 0. The number of amides is 1. The fourth-order valence-corrected chi connectivity index (χ4v) is 2.19. The summed E-state index contributed by atoms with van der Waals surface area (Å²) in [7, 11) is 1.50. The van der Waals surface area contributed by atoms with Crippen LogP contribution in [-0.4, -0.2) is 18.0 Å². The van der Waals surface area contributed by atoms with Gasteiger partial charge >= 0.3 is 0 Å². The molecule has 1 N–H and O–H groups in total. The maximum absolute atomic E-state index is 14.3. The van der Waals surface area contributed by atoms with Crippen LogP contribution in [0.5, 0.6) is 17.2 Å². The van der Waals surface area contributed by atoms with Crippen LogP contribution in [0.2, 0.25) is 0 Å². The fraction of sp³-hybridized carbons (Fsp3) is 0.111. The normalized spacial score (nSPS) is 10.4. The molecule has 128 valence electrons. The Morgan fingerprint density at radius 2 is 1.92 bits per heavy atom. The molecule has 0 fully saturated rings. The number of methoxy groups -OCH3 is 1. The summed E-state index contributed by atoms with van der Waals surface area (Å²) in [6, 6.07) is 11.0. The standard InChI is InChI=1S/C18H15FN2O4/c1-11-17(24-10-20-11)18(22)21-12-7-8-14(13(19)9-12)25-16-6-4-3-5-15(16)23-2/h3-10H,1-2H3,(H,21,22). The summed E-state index contributed by atoms with van der Waals surface area (Å²) in [5.41, 5.74) is 0.722. The molecule has 25 heavy (non-hydrogen) atoms. The largest absolute Gasteiger partial charge is 0.493 e. The molecular formula is C18H15FN2O4. The molecule has 3 rings (SSSR count). The number of oxazole rings is 1. The number of halogens is 1. The first kappa shape index (κ1) is 16.5. The third-order valence-electron chi connectivity index (χ3n) is 3.43. The van der Waals surface area contributed by atoms with E-state index in [-0.39, 0.29) is 17.2 Å². The molecule has 0 unspecified atom stereocenters. The molecule has 0 bridgehead atoms. The molecule has 3 aromatic rings. The number of rotatable bonds is 5. The molecule has 0 aliphatic carbocycles. The highest BCUT2D eigenvalue weighted by Crippen LogP contribution is 2.33. The Kier molecular flexibility index (Phi) is 4.65. The lowest BCUT2D eigenvalue weighted by atomic mass is 10.2. The number of carbonyl (C=O) groups is 1. The van der Waals surface area contributed by atoms with Gasteiger partial charge in [-0.15, -0.1) is 0 Å². The maximum atomic E-state index is 14.3. The minimum Gasteiger partial charge on any atom is -0.493 e. The van der Waals surface area contributed by atoms with Gasteiger partial charge in [-0.05, 0) is 31.2 Å². The summed E-state index contributed by atoms with van der Waals surface area (Å²) in [6.45, 7) is 1.64. The lowest BCUT2D eigenvalue weighted by Crippen LogP contribution is -2.12. The second kappa shape index (κ2) is 7.04. The predicted molar refractivity (Wildman–Crippen MR) is 88.7 cm³/mol.